The summed E-state index contributed by atoms with van der Waals surface area (Å²) in [5.74, 6) is -0.0566. The number of hydrogen-bond acceptors (Lipinski definition) is 4. The molecule has 0 bridgehead atoms. The van der Waals surface area contributed by atoms with E-state index in [4.69, 9.17) is 0 Å². The van der Waals surface area contributed by atoms with Crippen molar-refractivity contribution in [3.05, 3.63) is 24.3 Å². The maximum Gasteiger partial charge on any atom is 0.254 e. The number of hydrogen-bond donors (Lipinski definition) is 1. The maximum atomic E-state index is 12.0. The molecule has 1 aromatic rings. The van der Waals surface area contributed by atoms with Crippen LogP contribution < -0.4 is 5.32 Å². The zero-order valence-corrected chi connectivity index (χ0v) is 11.1. The Kier molecular flexibility index (Phi) is 3.73. The molecule has 1 saturated carbocycles. The Bertz CT molecular complexity index is 430. The molecular weight excluding hydrogens is 240 g/mol. The minimum atomic E-state index is -0.0566. The Morgan fingerprint density at radius 2 is 1.95 bits per heavy atom. The Labute approximate surface area is 113 Å². The van der Waals surface area contributed by atoms with Crippen LogP contribution >= 0.6 is 0 Å². The minimum absolute atomic E-state index is 0.0566. The van der Waals surface area contributed by atoms with E-state index in [1.54, 1.807) is 12.4 Å². The van der Waals surface area contributed by atoms with Crippen molar-refractivity contribution in [1.29, 1.82) is 0 Å². The van der Waals surface area contributed by atoms with Crippen LogP contribution in [0.15, 0.2) is 18.7 Å². The van der Waals surface area contributed by atoms with Gasteiger partial charge in [-0.05, 0) is 19.3 Å². The van der Waals surface area contributed by atoms with Crippen LogP contribution in [0.25, 0.3) is 0 Å². The van der Waals surface area contributed by atoms with Gasteiger partial charge >= 0.3 is 0 Å². The third kappa shape index (κ3) is 2.92. The van der Waals surface area contributed by atoms with Crippen LogP contribution in [-0.4, -0.2) is 45.9 Å². The maximum absolute atomic E-state index is 12.0. The molecule has 1 N–H and O–H groups in total. The van der Waals surface area contributed by atoms with Gasteiger partial charge in [0.25, 0.3) is 5.91 Å². The average Bonchev–Trinajstić information content (AvgIpc) is 3.10. The molecule has 0 spiro atoms. The number of aromatic nitrogens is 2. The highest BCUT2D eigenvalue weighted by Gasteiger charge is 2.30. The standard InChI is InChI=1S/C14H20N4O/c19-14(11-7-15-10-16-8-11)17-12-5-6-18(9-12)13-3-1-2-4-13/h7-8,10,12-13H,1-6,9H2,(H,17,19). The first-order chi connectivity index (χ1) is 9.33. The summed E-state index contributed by atoms with van der Waals surface area (Å²) in [6, 6.07) is 1.02. The highest BCUT2D eigenvalue weighted by atomic mass is 16.1. The SMILES string of the molecule is O=C(NC1CCN(C2CCCC2)C1)c1cncnc1. The van der Waals surface area contributed by atoms with E-state index in [1.165, 1.54) is 32.0 Å². The molecule has 3 rings (SSSR count). The second-order valence-corrected chi connectivity index (χ2v) is 5.52. The summed E-state index contributed by atoms with van der Waals surface area (Å²) in [5, 5.41) is 3.09. The van der Waals surface area contributed by atoms with Crippen molar-refractivity contribution < 1.29 is 4.79 Å². The molecular formula is C14H20N4O. The first kappa shape index (κ1) is 12.5. The third-order valence-electron chi connectivity index (χ3n) is 4.22. The molecule has 5 nitrogen and oxygen atoms in total. The summed E-state index contributed by atoms with van der Waals surface area (Å²) in [6.45, 7) is 2.10. The first-order valence-electron chi connectivity index (χ1n) is 7.13. The van der Waals surface area contributed by atoms with Crippen LogP contribution in [0.3, 0.4) is 0 Å². The molecule has 0 aromatic carbocycles. The number of carbonyl (C=O) groups excluding carboxylic acids is 1. The quantitative estimate of drug-likeness (QED) is 0.888. The average molecular weight is 260 g/mol. The molecule has 5 heteroatoms. The zero-order valence-electron chi connectivity index (χ0n) is 11.1. The lowest BCUT2D eigenvalue weighted by Crippen LogP contribution is -2.39. The van der Waals surface area contributed by atoms with Gasteiger partial charge in [0.05, 0.1) is 5.56 Å². The van der Waals surface area contributed by atoms with Gasteiger partial charge in [-0.3, -0.25) is 9.69 Å². The van der Waals surface area contributed by atoms with Crippen LogP contribution in [0.2, 0.25) is 0 Å². The summed E-state index contributed by atoms with van der Waals surface area (Å²) in [7, 11) is 0. The monoisotopic (exact) mass is 260 g/mol. The van der Waals surface area contributed by atoms with Gasteiger partial charge in [0.2, 0.25) is 0 Å². The fraction of sp³-hybridized carbons (Fsp3) is 0.643. The van der Waals surface area contributed by atoms with Gasteiger partial charge in [0.15, 0.2) is 0 Å². The molecule has 1 aliphatic heterocycles. The molecule has 2 heterocycles. The van der Waals surface area contributed by atoms with Crippen LogP contribution in [0.5, 0.6) is 0 Å². The molecule has 0 radical (unpaired) electrons. The molecule has 1 aromatic heterocycles. The van der Waals surface area contributed by atoms with E-state index in [-0.39, 0.29) is 11.9 Å². The summed E-state index contributed by atoms with van der Waals surface area (Å²) in [6.07, 6.45) is 11.0. The van der Waals surface area contributed by atoms with Gasteiger partial charge < -0.3 is 5.32 Å². The fourth-order valence-corrected chi connectivity index (χ4v) is 3.19. The molecule has 1 atom stereocenters. The predicted octanol–water partition coefficient (Wildman–Crippen LogP) is 1.22. The number of likely N-dealkylation sites (tertiary alicyclic amines) is 1. The van der Waals surface area contributed by atoms with Gasteiger partial charge in [0.1, 0.15) is 6.33 Å². The van der Waals surface area contributed by atoms with Crippen molar-refractivity contribution in [1.82, 2.24) is 20.2 Å². The van der Waals surface area contributed by atoms with E-state index < -0.39 is 0 Å². The van der Waals surface area contributed by atoms with Crippen LogP contribution in [0.1, 0.15) is 42.5 Å². The van der Waals surface area contributed by atoms with Gasteiger partial charge in [-0.25, -0.2) is 9.97 Å². The van der Waals surface area contributed by atoms with Gasteiger partial charge in [0, 0.05) is 37.6 Å². The van der Waals surface area contributed by atoms with Gasteiger partial charge in [-0.2, -0.15) is 0 Å². The fourth-order valence-electron chi connectivity index (χ4n) is 3.19. The highest BCUT2D eigenvalue weighted by molar-refractivity contribution is 5.93. The predicted molar refractivity (Wildman–Crippen MR) is 71.7 cm³/mol. The van der Waals surface area contributed by atoms with E-state index >= 15 is 0 Å². The zero-order chi connectivity index (χ0) is 13.1. The minimum Gasteiger partial charge on any atom is -0.348 e. The van der Waals surface area contributed by atoms with E-state index in [9.17, 15) is 4.79 Å². The lowest BCUT2D eigenvalue weighted by Gasteiger charge is -2.23. The summed E-state index contributed by atoms with van der Waals surface area (Å²) >= 11 is 0. The first-order valence-corrected chi connectivity index (χ1v) is 7.13. The van der Waals surface area contributed by atoms with Gasteiger partial charge in [-0.1, -0.05) is 12.8 Å². The topological polar surface area (TPSA) is 58.1 Å². The molecule has 1 amide bonds. The van der Waals surface area contributed by atoms with Crippen LogP contribution in [0, 0.1) is 0 Å². The molecule has 1 saturated heterocycles. The normalized spacial score (nSPS) is 24.7. The smallest absolute Gasteiger partial charge is 0.254 e. The van der Waals surface area contributed by atoms with E-state index in [2.05, 4.69) is 20.2 Å². The molecule has 1 aliphatic carbocycles. The second kappa shape index (κ2) is 5.65. The van der Waals surface area contributed by atoms with Crippen molar-refractivity contribution in [2.75, 3.05) is 13.1 Å². The largest absolute Gasteiger partial charge is 0.348 e. The molecule has 1 unspecified atom stereocenters. The van der Waals surface area contributed by atoms with Crippen LogP contribution in [-0.2, 0) is 0 Å². The van der Waals surface area contributed by atoms with Crippen molar-refractivity contribution in [3.63, 3.8) is 0 Å². The lowest BCUT2D eigenvalue weighted by atomic mass is 10.2. The number of carbonyl (C=O) groups is 1. The highest BCUT2D eigenvalue weighted by Crippen LogP contribution is 2.26. The van der Waals surface area contributed by atoms with Gasteiger partial charge in [-0.15, -0.1) is 0 Å². The second-order valence-electron chi connectivity index (χ2n) is 5.52. The summed E-state index contributed by atoms with van der Waals surface area (Å²) in [4.78, 5) is 22.3. The molecule has 2 fully saturated rings. The van der Waals surface area contributed by atoms with Crippen molar-refractivity contribution in [2.24, 2.45) is 0 Å². The number of nitrogens with zero attached hydrogens (tertiary/aromatic N) is 3. The van der Waals surface area contributed by atoms with Crippen molar-refractivity contribution >= 4 is 5.91 Å². The molecule has 2 aliphatic rings. The Morgan fingerprint density at radius 1 is 1.21 bits per heavy atom. The van der Waals surface area contributed by atoms with Crippen molar-refractivity contribution in [3.8, 4) is 0 Å². The summed E-state index contributed by atoms with van der Waals surface area (Å²) in [5.41, 5.74) is 0.543. The van der Waals surface area contributed by atoms with Crippen LogP contribution in [0.4, 0.5) is 0 Å². The number of rotatable bonds is 3. The van der Waals surface area contributed by atoms with Crippen molar-refractivity contribution in [2.45, 2.75) is 44.2 Å². The van der Waals surface area contributed by atoms with E-state index in [0.717, 1.165) is 25.6 Å². The van der Waals surface area contributed by atoms with E-state index in [1.807, 2.05) is 0 Å². The molecule has 102 valence electrons. The lowest BCUT2D eigenvalue weighted by molar-refractivity contribution is 0.0935. The number of amides is 1. The third-order valence-corrected chi connectivity index (χ3v) is 4.22. The summed E-state index contributed by atoms with van der Waals surface area (Å²) < 4.78 is 0. The Hall–Kier alpha value is -1.49. The number of nitrogens with one attached hydrogen (secondary N) is 1. The van der Waals surface area contributed by atoms with E-state index in [0.29, 0.717) is 5.56 Å². The molecule has 19 heavy (non-hydrogen) atoms. The Balaban J connectivity index is 1.53. The Morgan fingerprint density at radius 3 is 2.68 bits per heavy atom.